The first-order valence-electron chi connectivity index (χ1n) is 7.87. The van der Waals surface area contributed by atoms with Crippen LogP contribution >= 0.6 is 0 Å². The summed E-state index contributed by atoms with van der Waals surface area (Å²) in [6.45, 7) is 1.69. The largest absolute Gasteiger partial charge is 0.331 e. The van der Waals surface area contributed by atoms with Crippen LogP contribution in [0.3, 0.4) is 0 Å². The summed E-state index contributed by atoms with van der Waals surface area (Å²) in [7, 11) is 1.35. The van der Waals surface area contributed by atoms with Gasteiger partial charge in [-0.15, -0.1) is 0 Å². The van der Waals surface area contributed by atoms with E-state index < -0.39 is 17.2 Å². The summed E-state index contributed by atoms with van der Waals surface area (Å²) >= 11 is 0. The lowest BCUT2D eigenvalue weighted by Crippen LogP contribution is -2.38. The number of nitrogens with zero attached hydrogens (tertiary/aromatic N) is 2. The van der Waals surface area contributed by atoms with E-state index in [-0.39, 0.29) is 12.5 Å². The fourth-order valence-electron chi connectivity index (χ4n) is 2.22. The first kappa shape index (κ1) is 18.2. The molecule has 25 heavy (non-hydrogen) atoms. The average molecular weight is 344 g/mol. The number of hydrogen-bond acceptors (Lipinski definition) is 4. The Balaban J connectivity index is 2.06. The van der Waals surface area contributed by atoms with Crippen molar-refractivity contribution in [1.82, 2.24) is 9.13 Å². The Hall–Kier alpha value is -3.16. The van der Waals surface area contributed by atoms with Gasteiger partial charge in [-0.25, -0.2) is 4.79 Å². The molecule has 2 amide bonds. The van der Waals surface area contributed by atoms with Gasteiger partial charge in [0.1, 0.15) is 6.54 Å². The van der Waals surface area contributed by atoms with Crippen LogP contribution in [0.2, 0.25) is 0 Å². The van der Waals surface area contributed by atoms with Crippen LogP contribution in [0.15, 0.2) is 46.1 Å². The van der Waals surface area contributed by atoms with Crippen molar-refractivity contribution >= 4 is 23.2 Å². The molecule has 1 aromatic heterocycles. The fraction of sp³-hybridized carbons (Fsp3) is 0.294. The number of anilines is 2. The van der Waals surface area contributed by atoms with Gasteiger partial charge in [-0.2, -0.15) is 0 Å². The highest BCUT2D eigenvalue weighted by atomic mass is 16.2. The Bertz CT molecular complexity index is 898. The molecular formula is C17H20N4O4. The smallest absolute Gasteiger partial charge is 0.326 e. The molecule has 0 saturated heterocycles. The molecule has 8 nitrogen and oxygen atoms in total. The molecule has 1 heterocycles. The monoisotopic (exact) mass is 344 g/mol. The first-order valence-corrected chi connectivity index (χ1v) is 7.87. The van der Waals surface area contributed by atoms with Crippen LogP contribution in [0.25, 0.3) is 0 Å². The van der Waals surface area contributed by atoms with Gasteiger partial charge in [-0.05, 0) is 24.6 Å². The Morgan fingerprint density at radius 1 is 1.04 bits per heavy atom. The van der Waals surface area contributed by atoms with Gasteiger partial charge in [-0.3, -0.25) is 23.5 Å². The molecule has 0 radical (unpaired) electrons. The van der Waals surface area contributed by atoms with Gasteiger partial charge in [0.2, 0.25) is 11.8 Å². The van der Waals surface area contributed by atoms with Crippen LogP contribution in [-0.2, 0) is 23.2 Å². The Kier molecular flexibility index (Phi) is 5.89. The SMILES string of the molecule is CCCC(=O)Nc1cccc(NC(=O)Cn2ccc(=O)n(C)c2=O)c1. The maximum Gasteiger partial charge on any atom is 0.331 e. The molecule has 0 aliphatic rings. The Morgan fingerprint density at radius 2 is 1.68 bits per heavy atom. The van der Waals surface area contributed by atoms with Crippen LogP contribution in [0.1, 0.15) is 19.8 Å². The van der Waals surface area contributed by atoms with Gasteiger partial charge in [0.05, 0.1) is 0 Å². The highest BCUT2D eigenvalue weighted by Crippen LogP contribution is 2.15. The lowest BCUT2D eigenvalue weighted by molar-refractivity contribution is -0.117. The van der Waals surface area contributed by atoms with Gasteiger partial charge in [-0.1, -0.05) is 13.0 Å². The van der Waals surface area contributed by atoms with Crippen molar-refractivity contribution in [3.63, 3.8) is 0 Å². The number of amides is 2. The summed E-state index contributed by atoms with van der Waals surface area (Å²) in [5.74, 6) is -0.513. The van der Waals surface area contributed by atoms with Crippen LogP contribution in [0, 0.1) is 0 Å². The molecule has 2 rings (SSSR count). The number of nitrogens with one attached hydrogen (secondary N) is 2. The minimum Gasteiger partial charge on any atom is -0.326 e. The van der Waals surface area contributed by atoms with Crippen molar-refractivity contribution in [2.24, 2.45) is 7.05 Å². The standard InChI is InChI=1S/C17H20N4O4/c1-3-5-14(22)18-12-6-4-7-13(10-12)19-15(23)11-21-9-8-16(24)20(2)17(21)25/h4,6-10H,3,5,11H2,1-2H3,(H,18,22)(H,19,23). The van der Waals surface area contributed by atoms with Gasteiger partial charge < -0.3 is 10.6 Å². The molecule has 0 fully saturated rings. The lowest BCUT2D eigenvalue weighted by Gasteiger charge is -2.10. The number of benzene rings is 1. The predicted molar refractivity (Wildman–Crippen MR) is 94.6 cm³/mol. The highest BCUT2D eigenvalue weighted by Gasteiger charge is 2.08. The third-order valence-corrected chi connectivity index (χ3v) is 3.48. The summed E-state index contributed by atoms with van der Waals surface area (Å²) in [6.07, 6.45) is 2.45. The van der Waals surface area contributed by atoms with Crippen molar-refractivity contribution in [2.45, 2.75) is 26.3 Å². The Morgan fingerprint density at radius 3 is 2.32 bits per heavy atom. The second kappa shape index (κ2) is 8.09. The van der Waals surface area contributed by atoms with Gasteiger partial charge in [0, 0.05) is 37.1 Å². The van der Waals surface area contributed by atoms with Gasteiger partial charge in [0.15, 0.2) is 0 Å². The van der Waals surface area contributed by atoms with Crippen molar-refractivity contribution in [1.29, 1.82) is 0 Å². The van der Waals surface area contributed by atoms with E-state index in [2.05, 4.69) is 10.6 Å². The molecule has 2 N–H and O–H groups in total. The number of carbonyl (C=O) groups is 2. The molecule has 0 bridgehead atoms. The van der Waals surface area contributed by atoms with Crippen LogP contribution in [0.5, 0.6) is 0 Å². The number of aromatic nitrogens is 2. The summed E-state index contributed by atoms with van der Waals surface area (Å²) in [4.78, 5) is 47.0. The molecule has 0 atom stereocenters. The van der Waals surface area contributed by atoms with E-state index in [1.165, 1.54) is 19.3 Å². The van der Waals surface area contributed by atoms with Crippen molar-refractivity contribution in [2.75, 3.05) is 10.6 Å². The first-order chi connectivity index (χ1) is 11.9. The molecule has 1 aromatic carbocycles. The highest BCUT2D eigenvalue weighted by molar-refractivity contribution is 5.93. The van der Waals surface area contributed by atoms with Crippen molar-refractivity contribution in [3.05, 3.63) is 57.4 Å². The molecule has 0 saturated carbocycles. The van der Waals surface area contributed by atoms with E-state index in [0.29, 0.717) is 17.8 Å². The molecule has 0 unspecified atom stereocenters. The summed E-state index contributed by atoms with van der Waals surface area (Å²) in [5.41, 5.74) is 0.0769. The summed E-state index contributed by atoms with van der Waals surface area (Å²) in [6, 6.07) is 7.96. The zero-order valence-electron chi connectivity index (χ0n) is 14.1. The fourth-order valence-corrected chi connectivity index (χ4v) is 2.22. The lowest BCUT2D eigenvalue weighted by atomic mass is 10.2. The van der Waals surface area contributed by atoms with E-state index >= 15 is 0 Å². The average Bonchev–Trinajstić information content (AvgIpc) is 2.56. The third-order valence-electron chi connectivity index (χ3n) is 3.48. The van der Waals surface area contributed by atoms with Crippen molar-refractivity contribution < 1.29 is 9.59 Å². The number of carbonyl (C=O) groups excluding carboxylic acids is 2. The van der Waals surface area contributed by atoms with E-state index in [9.17, 15) is 19.2 Å². The van der Waals surface area contributed by atoms with Crippen LogP contribution < -0.4 is 21.9 Å². The quantitative estimate of drug-likeness (QED) is 0.813. The second-order valence-electron chi connectivity index (χ2n) is 5.55. The molecule has 0 spiro atoms. The van der Waals surface area contributed by atoms with Crippen molar-refractivity contribution in [3.8, 4) is 0 Å². The maximum absolute atomic E-state index is 12.1. The summed E-state index contributed by atoms with van der Waals surface area (Å²) in [5, 5.41) is 5.41. The van der Waals surface area contributed by atoms with Gasteiger partial charge >= 0.3 is 5.69 Å². The zero-order chi connectivity index (χ0) is 18.4. The zero-order valence-corrected chi connectivity index (χ0v) is 14.1. The molecule has 8 heteroatoms. The molecule has 2 aromatic rings. The summed E-state index contributed by atoms with van der Waals surface area (Å²) < 4.78 is 2.07. The maximum atomic E-state index is 12.1. The van der Waals surface area contributed by atoms with E-state index in [1.807, 2.05) is 6.92 Å². The number of hydrogen-bond donors (Lipinski definition) is 2. The molecule has 132 valence electrons. The Labute approximate surface area is 144 Å². The predicted octanol–water partition coefficient (Wildman–Crippen LogP) is 0.924. The molecule has 0 aliphatic carbocycles. The normalized spacial score (nSPS) is 10.3. The van der Waals surface area contributed by atoms with E-state index in [1.54, 1.807) is 24.3 Å². The third kappa shape index (κ3) is 4.90. The number of rotatable bonds is 6. The van der Waals surface area contributed by atoms with Crippen LogP contribution in [0.4, 0.5) is 11.4 Å². The van der Waals surface area contributed by atoms with Crippen LogP contribution in [-0.4, -0.2) is 20.9 Å². The minimum absolute atomic E-state index is 0.0947. The van der Waals surface area contributed by atoms with E-state index in [0.717, 1.165) is 15.6 Å². The molecule has 0 aliphatic heterocycles. The topological polar surface area (TPSA) is 102 Å². The van der Waals surface area contributed by atoms with Gasteiger partial charge in [0.25, 0.3) is 5.56 Å². The second-order valence-corrected chi connectivity index (χ2v) is 5.55. The van der Waals surface area contributed by atoms with E-state index in [4.69, 9.17) is 0 Å². The minimum atomic E-state index is -0.566. The molecular weight excluding hydrogens is 324 g/mol.